The average Bonchev–Trinajstić information content (AvgIpc) is 2.68. The minimum atomic E-state index is -1.31. The van der Waals surface area contributed by atoms with Crippen LogP contribution in [-0.4, -0.2) is 63.0 Å². The van der Waals surface area contributed by atoms with Crippen molar-refractivity contribution in [3.8, 4) is 0 Å². The lowest BCUT2D eigenvalue weighted by molar-refractivity contribution is -0.143. The van der Waals surface area contributed by atoms with Crippen LogP contribution in [0.3, 0.4) is 0 Å². The summed E-state index contributed by atoms with van der Waals surface area (Å²) in [5.41, 5.74) is 6.49. The van der Waals surface area contributed by atoms with Crippen molar-refractivity contribution < 1.29 is 24.3 Å². The van der Waals surface area contributed by atoms with Gasteiger partial charge in [-0.2, -0.15) is 25.3 Å². The fourth-order valence-corrected chi connectivity index (χ4v) is 3.11. The third-order valence-electron chi connectivity index (χ3n) is 4.71. The first-order valence-electron chi connectivity index (χ1n) is 10.1. The second-order valence-corrected chi connectivity index (χ2v) is 11.5. The van der Waals surface area contributed by atoms with Gasteiger partial charge in [-0.15, -0.1) is 0 Å². The largest absolute Gasteiger partial charge is 0.480 e. The van der Waals surface area contributed by atoms with Crippen LogP contribution in [0.15, 0.2) is 24.3 Å². The molecule has 0 aromatic heterocycles. The zero-order chi connectivity index (χ0) is 25.6. The highest BCUT2D eigenvalue weighted by Crippen LogP contribution is 2.19. The molecule has 9 nitrogen and oxygen atoms in total. The second-order valence-electron chi connectivity index (χ2n) is 8.73. The Morgan fingerprint density at radius 2 is 1.55 bits per heavy atom. The second kappa shape index (κ2) is 12.0. The van der Waals surface area contributed by atoms with E-state index in [-0.39, 0.29) is 6.42 Å². The quantitative estimate of drug-likeness (QED) is 0.215. The lowest BCUT2D eigenvalue weighted by atomic mass is 10.0. The van der Waals surface area contributed by atoms with Crippen molar-refractivity contribution in [2.24, 2.45) is 5.73 Å². The molecule has 0 spiro atoms. The lowest BCUT2D eigenvalue weighted by Gasteiger charge is -2.29. The summed E-state index contributed by atoms with van der Waals surface area (Å²) in [5, 5.41) is 17.3. The Bertz CT molecular complexity index is 869. The number of amides is 3. The lowest BCUT2D eigenvalue weighted by Crippen LogP contribution is -2.58. The molecule has 0 bridgehead atoms. The Morgan fingerprint density at radius 1 is 1.00 bits per heavy atom. The number of carboxylic acids is 1. The predicted octanol–water partition coefficient (Wildman–Crippen LogP) is 0.797. The van der Waals surface area contributed by atoms with Crippen molar-refractivity contribution in [3.05, 3.63) is 34.9 Å². The Balaban J connectivity index is 2.97. The Labute approximate surface area is 209 Å². The molecule has 3 atom stereocenters. The zero-order valence-electron chi connectivity index (χ0n) is 18.9. The minimum Gasteiger partial charge on any atom is -0.480 e. The highest BCUT2D eigenvalue weighted by atomic mass is 35.5. The molecule has 0 heterocycles. The van der Waals surface area contributed by atoms with Crippen LogP contribution in [0.4, 0.5) is 0 Å². The Morgan fingerprint density at radius 3 is 2.00 bits per heavy atom. The van der Waals surface area contributed by atoms with E-state index in [9.17, 15) is 24.3 Å². The number of hydrogen-bond donors (Lipinski definition) is 7. The standard InChI is InChI=1S/C21H31ClN4O5S2/c1-20(2,32)15(23)18(29)24-10-14(27)25-13(9-11-5-7-12(22)8-6-11)17(28)26-16(19(30)31)21(3,4)33/h5-8,13,15-16,32-33H,9-10,23H2,1-4H3,(H,24,29)(H,25,27)(H,26,28)(H,30,31)/t13?,15-,16-/m0/s1. The molecule has 0 aliphatic carbocycles. The molecular formula is C21H31ClN4O5S2. The van der Waals surface area contributed by atoms with Gasteiger partial charge in [0.1, 0.15) is 12.1 Å². The van der Waals surface area contributed by atoms with E-state index in [1.54, 1.807) is 52.0 Å². The first kappa shape index (κ1) is 29.1. The summed E-state index contributed by atoms with van der Waals surface area (Å²) in [4.78, 5) is 49.2. The van der Waals surface area contributed by atoms with Crippen molar-refractivity contribution >= 4 is 60.5 Å². The molecule has 1 aromatic carbocycles. The number of nitrogens with one attached hydrogen (secondary N) is 3. The van der Waals surface area contributed by atoms with Crippen molar-refractivity contribution in [2.45, 2.75) is 61.7 Å². The third-order valence-corrected chi connectivity index (χ3v) is 5.50. The first-order valence-corrected chi connectivity index (χ1v) is 11.3. The molecule has 184 valence electrons. The topological polar surface area (TPSA) is 151 Å². The maximum Gasteiger partial charge on any atom is 0.327 e. The molecule has 1 unspecified atom stereocenters. The zero-order valence-corrected chi connectivity index (χ0v) is 21.4. The van der Waals surface area contributed by atoms with E-state index in [0.717, 1.165) is 0 Å². The van der Waals surface area contributed by atoms with Crippen molar-refractivity contribution in [2.75, 3.05) is 6.54 Å². The normalized spacial score (nSPS) is 14.5. The molecule has 0 aliphatic rings. The smallest absolute Gasteiger partial charge is 0.327 e. The Kier molecular flexibility index (Phi) is 10.5. The van der Waals surface area contributed by atoms with Crippen LogP contribution in [0.2, 0.25) is 5.02 Å². The molecule has 33 heavy (non-hydrogen) atoms. The van der Waals surface area contributed by atoms with Gasteiger partial charge >= 0.3 is 5.97 Å². The molecule has 6 N–H and O–H groups in total. The number of carboxylic acid groups (broad SMARTS) is 1. The summed E-state index contributed by atoms with van der Waals surface area (Å²) in [6.07, 6.45) is 0.0607. The number of rotatable bonds is 11. The number of benzene rings is 1. The molecular weight excluding hydrogens is 488 g/mol. The molecule has 1 rings (SSSR count). The molecule has 0 aliphatic heterocycles. The molecule has 0 radical (unpaired) electrons. The Hall–Kier alpha value is -1.95. The van der Waals surface area contributed by atoms with E-state index in [2.05, 4.69) is 41.2 Å². The summed E-state index contributed by atoms with van der Waals surface area (Å²) in [7, 11) is 0. The molecule has 1 aromatic rings. The number of aliphatic carboxylic acids is 1. The van der Waals surface area contributed by atoms with Gasteiger partial charge < -0.3 is 26.8 Å². The number of halogens is 1. The van der Waals surface area contributed by atoms with Crippen LogP contribution in [-0.2, 0) is 25.6 Å². The van der Waals surface area contributed by atoms with Crippen LogP contribution in [0.5, 0.6) is 0 Å². The van der Waals surface area contributed by atoms with Gasteiger partial charge in [0.15, 0.2) is 0 Å². The summed E-state index contributed by atoms with van der Waals surface area (Å²) >= 11 is 14.4. The monoisotopic (exact) mass is 518 g/mol. The third kappa shape index (κ3) is 9.83. The molecule has 0 saturated heterocycles. The van der Waals surface area contributed by atoms with Crippen molar-refractivity contribution in [3.63, 3.8) is 0 Å². The molecule has 12 heteroatoms. The number of carbonyl (C=O) groups is 4. The van der Waals surface area contributed by atoms with Gasteiger partial charge in [-0.3, -0.25) is 14.4 Å². The average molecular weight is 519 g/mol. The fraction of sp³-hybridized carbons (Fsp3) is 0.524. The number of carbonyl (C=O) groups excluding carboxylic acids is 3. The highest BCUT2D eigenvalue weighted by Gasteiger charge is 2.36. The van der Waals surface area contributed by atoms with E-state index in [0.29, 0.717) is 10.6 Å². The van der Waals surface area contributed by atoms with Crippen LogP contribution in [0, 0.1) is 0 Å². The summed E-state index contributed by atoms with van der Waals surface area (Å²) in [5.74, 6) is -3.21. The van der Waals surface area contributed by atoms with E-state index in [1.807, 2.05) is 0 Å². The SMILES string of the molecule is CC(C)(S)[C@@H](N)C(=O)NCC(=O)NC(Cc1ccc(Cl)cc1)C(=O)N[C@@H](C(=O)O)C(C)(C)S. The van der Waals surface area contributed by atoms with Crippen molar-refractivity contribution in [1.29, 1.82) is 0 Å². The highest BCUT2D eigenvalue weighted by molar-refractivity contribution is 7.82. The van der Waals surface area contributed by atoms with Gasteiger partial charge in [-0.25, -0.2) is 4.79 Å². The number of thiol groups is 2. The van der Waals surface area contributed by atoms with Gasteiger partial charge in [-0.1, -0.05) is 23.7 Å². The van der Waals surface area contributed by atoms with E-state index >= 15 is 0 Å². The van der Waals surface area contributed by atoms with Gasteiger partial charge in [0, 0.05) is 20.9 Å². The number of nitrogens with two attached hydrogens (primary N) is 1. The van der Waals surface area contributed by atoms with Crippen LogP contribution >= 0.6 is 36.9 Å². The van der Waals surface area contributed by atoms with Crippen LogP contribution in [0.1, 0.15) is 33.3 Å². The van der Waals surface area contributed by atoms with Gasteiger partial charge in [0.05, 0.1) is 12.6 Å². The summed E-state index contributed by atoms with van der Waals surface area (Å²) < 4.78 is -1.87. The van der Waals surface area contributed by atoms with Gasteiger partial charge in [-0.05, 0) is 45.4 Å². The van der Waals surface area contributed by atoms with E-state index < -0.39 is 57.9 Å². The van der Waals surface area contributed by atoms with Crippen molar-refractivity contribution in [1.82, 2.24) is 16.0 Å². The van der Waals surface area contributed by atoms with Gasteiger partial charge in [0.25, 0.3) is 0 Å². The summed E-state index contributed by atoms with van der Waals surface area (Å²) in [6, 6.07) is 3.23. The first-order chi connectivity index (χ1) is 15.0. The summed E-state index contributed by atoms with van der Waals surface area (Å²) in [6.45, 7) is 5.98. The number of hydrogen-bond acceptors (Lipinski definition) is 7. The molecule has 3 amide bonds. The maximum absolute atomic E-state index is 12.9. The predicted molar refractivity (Wildman–Crippen MR) is 134 cm³/mol. The van der Waals surface area contributed by atoms with E-state index in [4.69, 9.17) is 17.3 Å². The van der Waals surface area contributed by atoms with Crippen LogP contribution in [0.25, 0.3) is 0 Å². The van der Waals surface area contributed by atoms with Gasteiger partial charge in [0.2, 0.25) is 17.7 Å². The minimum absolute atomic E-state index is 0.0607. The van der Waals surface area contributed by atoms with Crippen LogP contribution < -0.4 is 21.7 Å². The fourth-order valence-electron chi connectivity index (χ4n) is 2.69. The molecule has 0 saturated carbocycles. The molecule has 0 fully saturated rings. The maximum atomic E-state index is 12.9. The van der Waals surface area contributed by atoms with E-state index in [1.165, 1.54) is 0 Å².